The Morgan fingerprint density at radius 1 is 0.963 bits per heavy atom. The van der Waals surface area contributed by atoms with Gasteiger partial charge in [-0.25, -0.2) is 0 Å². The first kappa shape index (κ1) is 21.3. The number of nitrogens with one attached hydrogen (secondary N) is 1. The van der Waals surface area contributed by atoms with E-state index in [1.807, 2.05) is 0 Å². The summed E-state index contributed by atoms with van der Waals surface area (Å²) in [4.78, 5) is 0. The SMILES string of the molecule is NCc1ccc(NC[C@](O)(c2cccc(C(F)(F)F)c2)C(F)(F)F)cc1Cl. The van der Waals surface area contributed by atoms with Gasteiger partial charge in [0.25, 0.3) is 0 Å². The summed E-state index contributed by atoms with van der Waals surface area (Å²) in [5.74, 6) is 0. The third-order valence-corrected chi connectivity index (χ3v) is 4.31. The van der Waals surface area contributed by atoms with Crippen LogP contribution in [0, 0.1) is 0 Å². The number of halogens is 7. The lowest BCUT2D eigenvalue weighted by Crippen LogP contribution is -2.47. The highest BCUT2D eigenvalue weighted by molar-refractivity contribution is 6.31. The predicted octanol–water partition coefficient (Wildman–Crippen LogP) is 4.68. The lowest BCUT2D eigenvalue weighted by atomic mass is 9.91. The number of anilines is 1. The van der Waals surface area contributed by atoms with Crippen LogP contribution in [-0.4, -0.2) is 17.8 Å². The Morgan fingerprint density at radius 3 is 2.11 bits per heavy atom. The van der Waals surface area contributed by atoms with E-state index in [4.69, 9.17) is 17.3 Å². The number of rotatable bonds is 5. The van der Waals surface area contributed by atoms with Crippen molar-refractivity contribution in [3.63, 3.8) is 0 Å². The monoisotopic (exact) mass is 412 g/mol. The number of nitrogens with two attached hydrogens (primary N) is 1. The van der Waals surface area contributed by atoms with Gasteiger partial charge in [-0.1, -0.05) is 29.8 Å². The van der Waals surface area contributed by atoms with Crippen molar-refractivity contribution < 1.29 is 31.4 Å². The molecule has 0 spiro atoms. The molecule has 10 heteroatoms. The first-order valence-electron chi connectivity index (χ1n) is 7.57. The first-order valence-corrected chi connectivity index (χ1v) is 7.95. The maximum Gasteiger partial charge on any atom is 0.423 e. The third-order valence-electron chi connectivity index (χ3n) is 3.96. The van der Waals surface area contributed by atoms with Crippen LogP contribution < -0.4 is 11.1 Å². The molecule has 0 bridgehead atoms. The summed E-state index contributed by atoms with van der Waals surface area (Å²) in [5.41, 5.74) is 0.377. The molecule has 0 heterocycles. The van der Waals surface area contributed by atoms with Crippen LogP contribution in [0.25, 0.3) is 0 Å². The van der Waals surface area contributed by atoms with E-state index < -0.39 is 35.6 Å². The Bertz CT molecular complexity index is 809. The van der Waals surface area contributed by atoms with E-state index in [1.54, 1.807) is 0 Å². The van der Waals surface area contributed by atoms with Crippen molar-refractivity contribution >= 4 is 17.3 Å². The molecule has 3 nitrogen and oxygen atoms in total. The minimum absolute atomic E-state index is 0.121. The Morgan fingerprint density at radius 2 is 1.59 bits per heavy atom. The van der Waals surface area contributed by atoms with Crippen LogP contribution >= 0.6 is 11.6 Å². The standard InChI is InChI=1S/C17H15ClF6N2O/c18-14-7-13(5-4-10(14)8-25)26-9-15(27,17(22,23)24)11-2-1-3-12(6-11)16(19,20)21/h1-7,26-27H,8-9,25H2/t15-/m0/s1. The summed E-state index contributed by atoms with van der Waals surface area (Å²) >= 11 is 5.93. The predicted molar refractivity (Wildman–Crippen MR) is 89.2 cm³/mol. The highest BCUT2D eigenvalue weighted by Crippen LogP contribution is 2.41. The molecule has 0 aliphatic carbocycles. The molecule has 1 atom stereocenters. The van der Waals surface area contributed by atoms with Crippen LogP contribution in [0.4, 0.5) is 32.0 Å². The van der Waals surface area contributed by atoms with Gasteiger partial charge in [-0.2, -0.15) is 26.3 Å². The van der Waals surface area contributed by atoms with Gasteiger partial charge in [0.15, 0.2) is 0 Å². The molecule has 0 aliphatic heterocycles. The molecule has 2 aromatic rings. The van der Waals surface area contributed by atoms with Crippen LogP contribution in [0.5, 0.6) is 0 Å². The fourth-order valence-corrected chi connectivity index (χ4v) is 2.63. The molecule has 0 radical (unpaired) electrons. The number of aliphatic hydroxyl groups is 1. The van der Waals surface area contributed by atoms with Gasteiger partial charge < -0.3 is 16.2 Å². The van der Waals surface area contributed by atoms with Crippen molar-refractivity contribution in [2.24, 2.45) is 5.73 Å². The number of hydrogen-bond acceptors (Lipinski definition) is 3. The van der Waals surface area contributed by atoms with E-state index in [0.717, 1.165) is 12.1 Å². The molecule has 0 unspecified atom stereocenters. The van der Waals surface area contributed by atoms with Gasteiger partial charge in [-0.05, 0) is 35.4 Å². The minimum atomic E-state index is -5.23. The zero-order valence-corrected chi connectivity index (χ0v) is 14.4. The number of benzene rings is 2. The molecule has 27 heavy (non-hydrogen) atoms. The highest BCUT2D eigenvalue weighted by atomic mass is 35.5. The quantitative estimate of drug-likeness (QED) is 0.625. The van der Waals surface area contributed by atoms with Gasteiger partial charge in [0, 0.05) is 17.3 Å². The molecule has 0 saturated heterocycles. The van der Waals surface area contributed by atoms with E-state index in [1.165, 1.54) is 18.2 Å². The zero-order chi connectivity index (χ0) is 20.5. The van der Waals surface area contributed by atoms with Crippen molar-refractivity contribution in [1.82, 2.24) is 0 Å². The lowest BCUT2D eigenvalue weighted by molar-refractivity contribution is -0.260. The second kappa shape index (κ2) is 7.57. The van der Waals surface area contributed by atoms with Gasteiger partial charge in [0.05, 0.1) is 12.1 Å². The van der Waals surface area contributed by atoms with E-state index in [-0.39, 0.29) is 23.3 Å². The number of hydrogen-bond donors (Lipinski definition) is 3. The molecule has 4 N–H and O–H groups in total. The van der Waals surface area contributed by atoms with Crippen molar-refractivity contribution in [1.29, 1.82) is 0 Å². The summed E-state index contributed by atoms with van der Waals surface area (Å²) in [6.45, 7) is -0.994. The fraction of sp³-hybridized carbons (Fsp3) is 0.294. The average Bonchev–Trinajstić information content (AvgIpc) is 2.58. The lowest BCUT2D eigenvalue weighted by Gasteiger charge is -2.32. The molecular formula is C17H15ClF6N2O. The maximum atomic E-state index is 13.5. The Kier molecular flexibility index (Phi) is 5.98. The van der Waals surface area contributed by atoms with Crippen LogP contribution in [0.3, 0.4) is 0 Å². The van der Waals surface area contributed by atoms with Crippen LogP contribution in [0.15, 0.2) is 42.5 Å². The maximum absolute atomic E-state index is 13.5. The fourth-order valence-electron chi connectivity index (χ4n) is 2.37. The van der Waals surface area contributed by atoms with Crippen molar-refractivity contribution in [2.75, 3.05) is 11.9 Å². The molecule has 148 valence electrons. The second-order valence-corrected chi connectivity index (χ2v) is 6.21. The van der Waals surface area contributed by atoms with Crippen LogP contribution in [0.2, 0.25) is 5.02 Å². The zero-order valence-electron chi connectivity index (χ0n) is 13.6. The summed E-state index contributed by atoms with van der Waals surface area (Å²) < 4.78 is 79.0. The minimum Gasteiger partial charge on any atom is -0.381 e. The van der Waals surface area contributed by atoms with Crippen molar-refractivity contribution in [3.8, 4) is 0 Å². The Hall–Kier alpha value is -1.97. The molecule has 0 aliphatic rings. The smallest absolute Gasteiger partial charge is 0.381 e. The van der Waals surface area contributed by atoms with Crippen molar-refractivity contribution in [3.05, 3.63) is 64.2 Å². The summed E-state index contributed by atoms with van der Waals surface area (Å²) in [7, 11) is 0. The summed E-state index contributed by atoms with van der Waals surface area (Å²) in [6, 6.07) is 6.70. The molecule has 0 fully saturated rings. The van der Waals surface area contributed by atoms with Gasteiger partial charge in [-0.3, -0.25) is 0 Å². The van der Waals surface area contributed by atoms with E-state index in [2.05, 4.69) is 5.32 Å². The van der Waals surface area contributed by atoms with E-state index in [9.17, 15) is 31.4 Å². The average molecular weight is 413 g/mol. The Balaban J connectivity index is 2.36. The molecule has 0 aromatic heterocycles. The molecule has 0 amide bonds. The molecular weight excluding hydrogens is 398 g/mol. The molecule has 2 aromatic carbocycles. The summed E-state index contributed by atoms with van der Waals surface area (Å²) in [5, 5.41) is 12.8. The van der Waals surface area contributed by atoms with Gasteiger partial charge >= 0.3 is 12.4 Å². The highest BCUT2D eigenvalue weighted by Gasteiger charge is 2.55. The van der Waals surface area contributed by atoms with Gasteiger partial charge in [-0.15, -0.1) is 0 Å². The normalized spacial score (nSPS) is 14.7. The second-order valence-electron chi connectivity index (χ2n) is 5.80. The summed E-state index contributed by atoms with van der Waals surface area (Å²) in [6.07, 6.45) is -10.1. The topological polar surface area (TPSA) is 58.3 Å². The third kappa shape index (κ3) is 4.66. The molecule has 2 rings (SSSR count). The Labute approximate surface area is 155 Å². The van der Waals surface area contributed by atoms with Gasteiger partial charge in [0.1, 0.15) is 0 Å². The van der Waals surface area contributed by atoms with Crippen LogP contribution in [0.1, 0.15) is 16.7 Å². The largest absolute Gasteiger partial charge is 0.423 e. The number of alkyl halides is 6. The molecule has 0 saturated carbocycles. The van der Waals surface area contributed by atoms with Gasteiger partial charge in [0.2, 0.25) is 5.60 Å². The van der Waals surface area contributed by atoms with E-state index >= 15 is 0 Å². The first-order chi connectivity index (χ1) is 12.4. The van der Waals surface area contributed by atoms with E-state index in [0.29, 0.717) is 11.6 Å². The van der Waals surface area contributed by atoms with Crippen molar-refractivity contribution in [2.45, 2.75) is 24.5 Å². The van der Waals surface area contributed by atoms with Crippen LogP contribution in [-0.2, 0) is 18.3 Å².